The minimum Gasteiger partial charge on any atom is -0.0588 e. The molecule has 0 fully saturated rings. The van der Waals surface area contributed by atoms with Crippen LogP contribution in [0.4, 0.5) is 0 Å². The molecule has 0 unspecified atom stereocenters. The Morgan fingerprint density at radius 1 is 0.818 bits per heavy atom. The van der Waals surface area contributed by atoms with Gasteiger partial charge in [-0.1, -0.05) is 37.3 Å². The van der Waals surface area contributed by atoms with Gasteiger partial charge < -0.3 is 0 Å². The first-order chi connectivity index (χ1) is 10.8. The van der Waals surface area contributed by atoms with Gasteiger partial charge in [-0.05, 0) is 48.4 Å². The van der Waals surface area contributed by atoms with Crippen LogP contribution in [0.2, 0.25) is 0 Å². The summed E-state index contributed by atoms with van der Waals surface area (Å²) in [4.78, 5) is 0. The second kappa shape index (κ2) is 5.35. The Balaban J connectivity index is 1.76. The predicted molar refractivity (Wildman–Crippen MR) is 94.0 cm³/mol. The monoisotopic (exact) mass is 287 g/mol. The largest absolute Gasteiger partial charge is 0.186 e. The van der Waals surface area contributed by atoms with Crippen molar-refractivity contribution < 1.29 is 0 Å². The van der Waals surface area contributed by atoms with E-state index in [-0.39, 0.29) is 0 Å². The van der Waals surface area contributed by atoms with Crippen LogP contribution in [-0.2, 0) is 32.1 Å². The van der Waals surface area contributed by atoms with Crippen molar-refractivity contribution >= 4 is 0 Å². The summed E-state index contributed by atoms with van der Waals surface area (Å²) in [6.45, 7) is 4.56. The molecule has 0 nitrogen and oxygen atoms in total. The van der Waals surface area contributed by atoms with Gasteiger partial charge in [0.15, 0.2) is 5.56 Å². The molecule has 0 N–H and O–H groups in total. The lowest BCUT2D eigenvalue weighted by atomic mass is 9.92. The van der Waals surface area contributed by atoms with E-state index >= 15 is 0 Å². The molecule has 110 valence electrons. The van der Waals surface area contributed by atoms with Gasteiger partial charge in [-0.3, -0.25) is 0 Å². The van der Waals surface area contributed by atoms with Gasteiger partial charge in [0.2, 0.25) is 0 Å². The quantitative estimate of drug-likeness (QED) is 0.564. The molecule has 3 aromatic rings. The first kappa shape index (κ1) is 13.7. The minimum absolute atomic E-state index is 1.14. The molecule has 22 heavy (non-hydrogen) atoms. The number of hydrogen-bond donors (Lipinski definition) is 0. The molecule has 4 aliphatic rings. The molecule has 7 rings (SSSR count). The number of benzene rings is 2. The summed E-state index contributed by atoms with van der Waals surface area (Å²) in [5, 5.41) is 0. The topological polar surface area (TPSA) is 0 Å². The Morgan fingerprint density at radius 3 is 2.05 bits per heavy atom. The van der Waals surface area contributed by atoms with E-state index in [0.29, 0.717) is 0 Å². The molecule has 0 radical (unpaired) electrons. The average molecular weight is 287 g/mol. The SMILES string of the molecule is CCc1c(-c2cc3ccc2CCc2ccc(cc2)CC3)[c+]1C. The molecule has 0 spiro atoms. The van der Waals surface area contributed by atoms with E-state index in [2.05, 4.69) is 56.3 Å². The third-order valence-corrected chi connectivity index (χ3v) is 5.27. The lowest BCUT2D eigenvalue weighted by Crippen LogP contribution is -1.99. The predicted octanol–water partition coefficient (Wildman–Crippen LogP) is 5.26. The van der Waals surface area contributed by atoms with Crippen LogP contribution in [0.5, 0.6) is 0 Å². The summed E-state index contributed by atoms with van der Waals surface area (Å²) < 4.78 is 0. The molecule has 3 aromatic carbocycles. The van der Waals surface area contributed by atoms with Crippen LogP contribution in [0.25, 0.3) is 11.1 Å². The molecular formula is C22H23+. The normalized spacial score (nSPS) is 14.3. The highest BCUT2D eigenvalue weighted by molar-refractivity contribution is 5.85. The van der Waals surface area contributed by atoms with Crippen molar-refractivity contribution in [2.45, 2.75) is 46.0 Å². The van der Waals surface area contributed by atoms with E-state index in [1.807, 2.05) is 0 Å². The molecule has 0 amide bonds. The first-order valence-electron chi connectivity index (χ1n) is 8.53. The molecule has 4 aliphatic carbocycles. The number of aryl methyl sites for hydroxylation is 4. The number of rotatable bonds is 2. The molecule has 0 heterocycles. The van der Waals surface area contributed by atoms with Gasteiger partial charge in [-0.2, -0.15) is 0 Å². The summed E-state index contributed by atoms with van der Waals surface area (Å²) in [5.41, 5.74) is 12.1. The number of hydrogen-bond acceptors (Lipinski definition) is 0. The Kier molecular flexibility index (Phi) is 3.33. The maximum absolute atomic E-state index is 2.46. The lowest BCUT2D eigenvalue weighted by Gasteiger charge is -2.10. The summed E-state index contributed by atoms with van der Waals surface area (Å²) in [6.07, 6.45) is 5.73. The molecule has 0 heteroatoms. The van der Waals surface area contributed by atoms with Crippen molar-refractivity contribution in [1.29, 1.82) is 0 Å². The van der Waals surface area contributed by atoms with Crippen LogP contribution in [0.15, 0.2) is 42.5 Å². The van der Waals surface area contributed by atoms with Gasteiger partial charge >= 0.3 is 0 Å². The Bertz CT molecular complexity index is 771. The Morgan fingerprint density at radius 2 is 1.41 bits per heavy atom. The highest BCUT2D eigenvalue weighted by atomic mass is 14.3. The van der Waals surface area contributed by atoms with Crippen molar-refractivity contribution in [3.05, 3.63) is 75.8 Å². The summed E-state index contributed by atoms with van der Waals surface area (Å²) in [7, 11) is 0. The van der Waals surface area contributed by atoms with Gasteiger partial charge in [0.05, 0.1) is 0 Å². The lowest BCUT2D eigenvalue weighted by molar-refractivity contribution is 0.923. The van der Waals surface area contributed by atoms with E-state index in [4.69, 9.17) is 0 Å². The molecule has 0 atom stereocenters. The van der Waals surface area contributed by atoms with E-state index in [0.717, 1.165) is 25.7 Å². The van der Waals surface area contributed by atoms with Crippen molar-refractivity contribution in [2.75, 3.05) is 0 Å². The molecule has 0 aromatic heterocycles. The van der Waals surface area contributed by atoms with Gasteiger partial charge in [0.1, 0.15) is 16.7 Å². The van der Waals surface area contributed by atoms with Gasteiger partial charge in [-0.15, -0.1) is 0 Å². The molecule has 0 aliphatic heterocycles. The molecule has 0 saturated heterocycles. The smallest absolute Gasteiger partial charge is 0.0588 e. The fourth-order valence-corrected chi connectivity index (χ4v) is 3.81. The highest BCUT2D eigenvalue weighted by Gasteiger charge is 2.35. The summed E-state index contributed by atoms with van der Waals surface area (Å²) in [6, 6.07) is 16.4. The second-order valence-electron chi connectivity index (χ2n) is 6.64. The summed E-state index contributed by atoms with van der Waals surface area (Å²) in [5.74, 6) is 0. The van der Waals surface area contributed by atoms with Crippen LogP contribution in [-0.4, -0.2) is 0 Å². The van der Waals surface area contributed by atoms with E-state index < -0.39 is 0 Å². The van der Waals surface area contributed by atoms with Gasteiger partial charge in [-0.25, -0.2) is 0 Å². The highest BCUT2D eigenvalue weighted by Crippen LogP contribution is 2.42. The van der Waals surface area contributed by atoms with Crippen LogP contribution in [0.1, 0.15) is 40.3 Å². The molecule has 0 saturated carbocycles. The van der Waals surface area contributed by atoms with Crippen molar-refractivity contribution in [2.24, 2.45) is 0 Å². The van der Waals surface area contributed by atoms with Crippen LogP contribution >= 0.6 is 0 Å². The summed E-state index contributed by atoms with van der Waals surface area (Å²) >= 11 is 0. The van der Waals surface area contributed by atoms with Crippen molar-refractivity contribution in [3.63, 3.8) is 0 Å². The Hall–Kier alpha value is -1.95. The first-order valence-corrected chi connectivity index (χ1v) is 8.53. The van der Waals surface area contributed by atoms with E-state index in [1.165, 1.54) is 39.8 Å². The zero-order chi connectivity index (χ0) is 15.1. The Labute approximate surface area is 133 Å². The maximum Gasteiger partial charge on any atom is 0.186 e. The van der Waals surface area contributed by atoms with Crippen molar-refractivity contribution in [3.8, 4) is 11.1 Å². The van der Waals surface area contributed by atoms with Gasteiger partial charge in [0.25, 0.3) is 0 Å². The molecule has 4 bridgehead atoms. The van der Waals surface area contributed by atoms with E-state index in [9.17, 15) is 0 Å². The maximum atomic E-state index is 2.46. The minimum atomic E-state index is 1.14. The molecular weight excluding hydrogens is 264 g/mol. The fraction of sp³-hybridized carbons (Fsp3) is 0.318. The van der Waals surface area contributed by atoms with Crippen LogP contribution < -0.4 is 0 Å². The zero-order valence-corrected chi connectivity index (χ0v) is 13.6. The van der Waals surface area contributed by atoms with Crippen LogP contribution in [0, 0.1) is 6.92 Å². The van der Waals surface area contributed by atoms with Gasteiger partial charge in [0, 0.05) is 25.0 Å². The third-order valence-electron chi connectivity index (χ3n) is 5.27. The van der Waals surface area contributed by atoms with Crippen LogP contribution in [0.3, 0.4) is 0 Å². The van der Waals surface area contributed by atoms with Crippen molar-refractivity contribution in [1.82, 2.24) is 0 Å². The third kappa shape index (κ3) is 2.37. The second-order valence-corrected chi connectivity index (χ2v) is 6.64. The standard InChI is InChI=1S/C22H23/c1-3-20-15(2)22(20)21-14-18-9-8-16-4-6-17(7-5-16)10-12-19(21)13-11-18/h4-7,11,13-14H,3,8-10,12H2,1-2H3/q+1. The fourth-order valence-electron chi connectivity index (χ4n) is 3.81. The van der Waals surface area contributed by atoms with E-state index in [1.54, 1.807) is 11.1 Å². The average Bonchev–Trinajstić information content (AvgIpc) is 3.19. The zero-order valence-electron chi connectivity index (χ0n) is 13.6.